The molecule has 0 bridgehead atoms. The Morgan fingerprint density at radius 2 is 1.88 bits per heavy atom. The van der Waals surface area contributed by atoms with Gasteiger partial charge in [0.15, 0.2) is 5.03 Å². The van der Waals surface area contributed by atoms with Crippen molar-refractivity contribution in [1.82, 2.24) is 13.9 Å². The van der Waals surface area contributed by atoms with Gasteiger partial charge in [-0.3, -0.25) is 4.72 Å². The van der Waals surface area contributed by atoms with E-state index in [9.17, 15) is 16.8 Å². The van der Waals surface area contributed by atoms with Crippen molar-refractivity contribution < 1.29 is 21.6 Å². The van der Waals surface area contributed by atoms with Crippen LogP contribution in [0.4, 0.5) is 5.69 Å². The molecule has 0 aliphatic carbocycles. The zero-order chi connectivity index (χ0) is 18.9. The van der Waals surface area contributed by atoms with Crippen LogP contribution in [0, 0.1) is 0 Å². The SMILES string of the molecule is Cn1c(S(=O)(=O)Nc2cccc(S(=O)(=O)N3CCOCC3)c2)cnc1Cl. The van der Waals surface area contributed by atoms with Crippen molar-refractivity contribution in [3.05, 3.63) is 35.7 Å². The van der Waals surface area contributed by atoms with Gasteiger partial charge >= 0.3 is 0 Å². The molecule has 1 saturated heterocycles. The number of ether oxygens (including phenoxy) is 1. The van der Waals surface area contributed by atoms with E-state index in [0.717, 1.165) is 6.20 Å². The number of nitrogens with one attached hydrogen (secondary N) is 1. The van der Waals surface area contributed by atoms with Gasteiger partial charge in [-0.05, 0) is 29.8 Å². The number of sulfonamides is 2. The van der Waals surface area contributed by atoms with Gasteiger partial charge < -0.3 is 9.30 Å². The van der Waals surface area contributed by atoms with E-state index in [4.69, 9.17) is 16.3 Å². The Morgan fingerprint density at radius 3 is 2.50 bits per heavy atom. The number of anilines is 1. The third-order valence-corrected chi connectivity index (χ3v) is 7.54. The van der Waals surface area contributed by atoms with E-state index < -0.39 is 20.0 Å². The fraction of sp³-hybridized carbons (Fsp3) is 0.357. The second-order valence-electron chi connectivity index (χ2n) is 5.57. The lowest BCUT2D eigenvalue weighted by molar-refractivity contribution is 0.0730. The molecule has 0 radical (unpaired) electrons. The number of hydrogen-bond donors (Lipinski definition) is 1. The topological polar surface area (TPSA) is 111 Å². The number of halogens is 1. The van der Waals surface area contributed by atoms with Crippen molar-refractivity contribution in [1.29, 1.82) is 0 Å². The normalized spacial score (nSPS) is 16.5. The Kier molecular flexibility index (Phi) is 5.26. The minimum atomic E-state index is -3.97. The maximum atomic E-state index is 12.7. The molecule has 0 atom stereocenters. The fourth-order valence-electron chi connectivity index (χ4n) is 2.49. The van der Waals surface area contributed by atoms with Crippen LogP contribution in [0.15, 0.2) is 40.4 Å². The molecule has 9 nitrogen and oxygen atoms in total. The van der Waals surface area contributed by atoms with Gasteiger partial charge in [0.25, 0.3) is 10.0 Å². The van der Waals surface area contributed by atoms with Crippen molar-refractivity contribution in [3.8, 4) is 0 Å². The van der Waals surface area contributed by atoms with E-state index in [0.29, 0.717) is 13.2 Å². The molecular formula is C14H17ClN4O5S2. The Morgan fingerprint density at radius 1 is 1.19 bits per heavy atom. The van der Waals surface area contributed by atoms with Crippen LogP contribution < -0.4 is 4.72 Å². The van der Waals surface area contributed by atoms with E-state index in [-0.39, 0.29) is 34.0 Å². The summed E-state index contributed by atoms with van der Waals surface area (Å²) in [4.78, 5) is 3.74. The molecule has 2 aromatic rings. The lowest BCUT2D eigenvalue weighted by atomic mass is 10.3. The zero-order valence-electron chi connectivity index (χ0n) is 13.8. The third kappa shape index (κ3) is 3.71. The van der Waals surface area contributed by atoms with Gasteiger partial charge in [-0.25, -0.2) is 13.4 Å². The lowest BCUT2D eigenvalue weighted by Gasteiger charge is -2.26. The summed E-state index contributed by atoms with van der Waals surface area (Å²) in [6.45, 7) is 1.16. The Labute approximate surface area is 156 Å². The first-order valence-electron chi connectivity index (χ1n) is 7.60. The first-order valence-corrected chi connectivity index (χ1v) is 10.9. The molecule has 142 valence electrons. The number of morpholine rings is 1. The van der Waals surface area contributed by atoms with Gasteiger partial charge in [-0.15, -0.1) is 0 Å². The average molecular weight is 421 g/mol. The summed E-state index contributed by atoms with van der Waals surface area (Å²) >= 11 is 5.77. The van der Waals surface area contributed by atoms with Crippen LogP contribution in [0.5, 0.6) is 0 Å². The van der Waals surface area contributed by atoms with Crippen LogP contribution >= 0.6 is 11.6 Å². The molecule has 3 rings (SSSR count). The van der Waals surface area contributed by atoms with Crippen molar-refractivity contribution in [2.24, 2.45) is 7.05 Å². The molecule has 0 spiro atoms. The average Bonchev–Trinajstić information content (AvgIpc) is 2.95. The highest BCUT2D eigenvalue weighted by molar-refractivity contribution is 7.92. The molecular weight excluding hydrogens is 404 g/mol. The van der Waals surface area contributed by atoms with E-state index >= 15 is 0 Å². The summed E-state index contributed by atoms with van der Waals surface area (Å²) in [7, 11) is -6.24. The minimum Gasteiger partial charge on any atom is -0.379 e. The molecule has 26 heavy (non-hydrogen) atoms. The standard InChI is InChI=1S/C14H17ClN4O5S2/c1-18-13(10-16-14(18)15)25(20,21)17-11-3-2-4-12(9-11)26(22,23)19-5-7-24-8-6-19/h2-4,9-10,17H,5-8H2,1H3. The first-order chi connectivity index (χ1) is 12.2. The summed E-state index contributed by atoms with van der Waals surface area (Å²) in [5.41, 5.74) is 0.122. The summed E-state index contributed by atoms with van der Waals surface area (Å²) in [6, 6.07) is 5.64. The van der Waals surface area contributed by atoms with Gasteiger partial charge in [0, 0.05) is 20.1 Å². The highest BCUT2D eigenvalue weighted by Crippen LogP contribution is 2.23. The zero-order valence-corrected chi connectivity index (χ0v) is 16.2. The van der Waals surface area contributed by atoms with E-state index in [1.54, 1.807) is 0 Å². The molecule has 1 aromatic carbocycles. The van der Waals surface area contributed by atoms with Crippen LogP contribution in [-0.2, 0) is 31.8 Å². The van der Waals surface area contributed by atoms with Crippen molar-refractivity contribution >= 4 is 37.3 Å². The van der Waals surface area contributed by atoms with Crippen molar-refractivity contribution in [2.45, 2.75) is 9.92 Å². The summed E-state index contributed by atoms with van der Waals surface area (Å²) in [6.07, 6.45) is 1.12. The highest BCUT2D eigenvalue weighted by Gasteiger charge is 2.27. The maximum Gasteiger partial charge on any atom is 0.279 e. The van der Waals surface area contributed by atoms with Gasteiger partial charge in [-0.1, -0.05) is 6.07 Å². The second kappa shape index (κ2) is 7.16. The molecule has 1 N–H and O–H groups in total. The molecule has 12 heteroatoms. The van der Waals surface area contributed by atoms with Gasteiger partial charge in [0.1, 0.15) is 0 Å². The molecule has 1 fully saturated rings. The molecule has 0 amide bonds. The number of imidazole rings is 1. The molecule has 0 unspecified atom stereocenters. The highest BCUT2D eigenvalue weighted by atomic mass is 35.5. The number of benzene rings is 1. The number of aromatic nitrogens is 2. The van der Waals surface area contributed by atoms with Crippen LogP contribution in [0.3, 0.4) is 0 Å². The van der Waals surface area contributed by atoms with E-state index in [1.165, 1.54) is 40.2 Å². The maximum absolute atomic E-state index is 12.7. The summed E-state index contributed by atoms with van der Waals surface area (Å²) in [5.74, 6) is 0. The lowest BCUT2D eigenvalue weighted by Crippen LogP contribution is -2.40. The van der Waals surface area contributed by atoms with Crippen LogP contribution in [0.2, 0.25) is 5.28 Å². The van der Waals surface area contributed by atoms with Gasteiger partial charge in [0.05, 0.1) is 30.0 Å². The minimum absolute atomic E-state index is 0.00244. The van der Waals surface area contributed by atoms with E-state index in [2.05, 4.69) is 9.71 Å². The fourth-order valence-corrected chi connectivity index (χ4v) is 5.31. The Balaban J connectivity index is 1.89. The summed E-state index contributed by atoms with van der Waals surface area (Å²) in [5, 5.41) is -0.113. The second-order valence-corrected chi connectivity index (χ2v) is 9.48. The predicted octanol–water partition coefficient (Wildman–Crippen LogP) is 0.895. The first kappa shape index (κ1) is 19.1. The smallest absolute Gasteiger partial charge is 0.279 e. The molecule has 0 saturated carbocycles. The van der Waals surface area contributed by atoms with Crippen molar-refractivity contribution in [3.63, 3.8) is 0 Å². The molecule has 1 aliphatic heterocycles. The van der Waals surface area contributed by atoms with Crippen molar-refractivity contribution in [2.75, 3.05) is 31.0 Å². The largest absolute Gasteiger partial charge is 0.379 e. The quantitative estimate of drug-likeness (QED) is 0.769. The number of nitrogens with zero attached hydrogens (tertiary/aromatic N) is 3. The number of hydrogen-bond acceptors (Lipinski definition) is 6. The van der Waals surface area contributed by atoms with Crippen LogP contribution in [0.1, 0.15) is 0 Å². The molecule has 1 aromatic heterocycles. The Hall–Kier alpha value is -1.66. The molecule has 1 aliphatic rings. The van der Waals surface area contributed by atoms with E-state index in [1.807, 2.05) is 0 Å². The van der Waals surface area contributed by atoms with Gasteiger partial charge in [-0.2, -0.15) is 12.7 Å². The van der Waals surface area contributed by atoms with Gasteiger partial charge in [0.2, 0.25) is 15.3 Å². The monoisotopic (exact) mass is 420 g/mol. The van der Waals surface area contributed by atoms with Crippen LogP contribution in [-0.4, -0.2) is 57.0 Å². The third-order valence-electron chi connectivity index (χ3n) is 3.86. The summed E-state index contributed by atoms with van der Waals surface area (Å²) < 4.78 is 60.4. The Bertz CT molecular complexity index is 1010. The van der Waals surface area contributed by atoms with Crippen LogP contribution in [0.25, 0.3) is 0 Å². The molecule has 2 heterocycles. The predicted molar refractivity (Wildman–Crippen MR) is 95.0 cm³/mol. The number of rotatable bonds is 5.